The standard InChI is InChI=1S/C35H37FN4/c1-5-11-30(27-14-10-15-29(36)19-27)31-20-34(38-24(31)4)35-32(33(6-2)39-40-35)16-23(3)28-18-26(21-37-22-28)17-25-12-8-7-9-13-25/h5-6,10-11,14-16,18-22,25,38-39H,1,3,7-9,12-13,17H2,2,4H3/b30-11-,32-16+,33-6+. The lowest BCUT2D eigenvalue weighted by Gasteiger charge is -2.21. The first-order valence-corrected chi connectivity index (χ1v) is 14.1. The molecule has 1 aliphatic carbocycles. The number of nitrogens with one attached hydrogen (secondary N) is 2. The van der Waals surface area contributed by atoms with Gasteiger partial charge in [-0.3, -0.25) is 10.1 Å². The summed E-state index contributed by atoms with van der Waals surface area (Å²) >= 11 is 0. The second-order valence-corrected chi connectivity index (χ2v) is 10.7. The normalized spacial score (nSPS) is 15.5. The Balaban J connectivity index is 1.50. The van der Waals surface area contributed by atoms with Gasteiger partial charge in [0.2, 0.25) is 0 Å². The first-order valence-electron chi connectivity index (χ1n) is 14.1. The first-order chi connectivity index (χ1) is 19.5. The van der Waals surface area contributed by atoms with Crippen LogP contribution in [0, 0.1) is 18.7 Å². The van der Waals surface area contributed by atoms with Crippen LogP contribution in [0.5, 0.6) is 0 Å². The number of aryl methyl sites for hydroxylation is 1. The molecular formula is C35H37FN4. The van der Waals surface area contributed by atoms with Crippen molar-refractivity contribution in [2.45, 2.75) is 52.4 Å². The van der Waals surface area contributed by atoms with E-state index in [0.29, 0.717) is 0 Å². The maximum absolute atomic E-state index is 14.1. The minimum atomic E-state index is -0.274. The van der Waals surface area contributed by atoms with Gasteiger partial charge < -0.3 is 4.98 Å². The zero-order valence-electron chi connectivity index (χ0n) is 23.4. The van der Waals surface area contributed by atoms with Crippen molar-refractivity contribution in [3.05, 3.63) is 118 Å². The van der Waals surface area contributed by atoms with Gasteiger partial charge in [-0.1, -0.05) is 75.6 Å². The van der Waals surface area contributed by atoms with Gasteiger partial charge in [0.25, 0.3) is 0 Å². The molecule has 4 aromatic rings. The summed E-state index contributed by atoms with van der Waals surface area (Å²) in [5.74, 6) is 0.478. The van der Waals surface area contributed by atoms with E-state index in [1.165, 1.54) is 43.7 Å². The van der Waals surface area contributed by atoms with E-state index in [1.54, 1.807) is 18.2 Å². The number of aromatic nitrogens is 4. The second-order valence-electron chi connectivity index (χ2n) is 10.7. The number of aromatic amines is 2. The monoisotopic (exact) mass is 532 g/mol. The van der Waals surface area contributed by atoms with E-state index in [2.05, 4.69) is 51.5 Å². The largest absolute Gasteiger partial charge is 0.357 e. The number of pyridine rings is 1. The summed E-state index contributed by atoms with van der Waals surface area (Å²) in [5.41, 5.74) is 8.46. The van der Waals surface area contributed by atoms with E-state index in [9.17, 15) is 4.39 Å². The molecule has 5 heteroatoms. The third kappa shape index (κ3) is 5.99. The minimum Gasteiger partial charge on any atom is -0.357 e. The van der Waals surface area contributed by atoms with Crippen LogP contribution >= 0.6 is 0 Å². The molecule has 3 aromatic heterocycles. The summed E-state index contributed by atoms with van der Waals surface area (Å²) in [7, 11) is 0. The Kier molecular flexibility index (Phi) is 8.40. The van der Waals surface area contributed by atoms with E-state index in [0.717, 1.165) is 67.8 Å². The van der Waals surface area contributed by atoms with Crippen LogP contribution in [-0.4, -0.2) is 20.2 Å². The molecule has 204 valence electrons. The van der Waals surface area contributed by atoms with E-state index in [1.807, 2.05) is 44.5 Å². The highest BCUT2D eigenvalue weighted by Gasteiger charge is 2.17. The molecule has 1 saturated carbocycles. The fourth-order valence-corrected chi connectivity index (χ4v) is 5.77. The van der Waals surface area contributed by atoms with E-state index in [4.69, 9.17) is 0 Å². The molecule has 1 aromatic carbocycles. The molecule has 1 aliphatic rings. The Labute approximate surface area is 235 Å². The maximum Gasteiger partial charge on any atom is 0.123 e. The van der Waals surface area contributed by atoms with Gasteiger partial charge in [0.05, 0.1) is 11.0 Å². The fraction of sp³-hybridized carbons (Fsp3) is 0.257. The molecular weight excluding hydrogens is 495 g/mol. The Hall–Kier alpha value is -4.25. The van der Waals surface area contributed by atoms with Gasteiger partial charge in [0.15, 0.2) is 0 Å². The highest BCUT2D eigenvalue weighted by molar-refractivity contribution is 5.88. The van der Waals surface area contributed by atoms with Crippen molar-refractivity contribution >= 4 is 23.3 Å². The molecule has 0 atom stereocenters. The van der Waals surface area contributed by atoms with Crippen molar-refractivity contribution in [1.29, 1.82) is 0 Å². The van der Waals surface area contributed by atoms with E-state index in [-0.39, 0.29) is 5.82 Å². The van der Waals surface area contributed by atoms with Crippen LogP contribution < -0.4 is 10.6 Å². The molecule has 0 spiro atoms. The molecule has 5 rings (SSSR count). The van der Waals surface area contributed by atoms with Crippen LogP contribution in [0.2, 0.25) is 0 Å². The SMILES string of the molecule is C=C/C=C(/c1cccc(F)c1)c1cc(-c2n[nH]c(=C/C)/c2=C\C(=C)c2cncc(CC3CCCCC3)c2)[nH]c1C. The highest BCUT2D eigenvalue weighted by atomic mass is 19.1. The Morgan fingerprint density at radius 3 is 2.67 bits per heavy atom. The number of rotatable bonds is 8. The first kappa shape index (κ1) is 27.3. The van der Waals surface area contributed by atoms with Gasteiger partial charge in [-0.25, -0.2) is 4.39 Å². The number of allylic oxidation sites excluding steroid dienone is 3. The summed E-state index contributed by atoms with van der Waals surface area (Å²) in [6, 6.07) is 10.9. The zero-order chi connectivity index (χ0) is 28.1. The molecule has 0 radical (unpaired) electrons. The average molecular weight is 533 g/mol. The third-order valence-electron chi connectivity index (χ3n) is 7.84. The van der Waals surface area contributed by atoms with Crippen LogP contribution in [0.4, 0.5) is 4.39 Å². The van der Waals surface area contributed by atoms with Gasteiger partial charge in [-0.2, -0.15) is 5.10 Å². The van der Waals surface area contributed by atoms with Gasteiger partial charge >= 0.3 is 0 Å². The lowest BCUT2D eigenvalue weighted by molar-refractivity contribution is 0.356. The van der Waals surface area contributed by atoms with Crippen LogP contribution in [0.3, 0.4) is 0 Å². The molecule has 0 bridgehead atoms. The molecule has 0 amide bonds. The van der Waals surface area contributed by atoms with Gasteiger partial charge in [0, 0.05) is 28.9 Å². The number of nitrogens with zero attached hydrogens (tertiary/aromatic N) is 2. The van der Waals surface area contributed by atoms with E-state index >= 15 is 0 Å². The van der Waals surface area contributed by atoms with Gasteiger partial charge in [-0.15, -0.1) is 0 Å². The van der Waals surface area contributed by atoms with Crippen molar-refractivity contribution in [1.82, 2.24) is 20.2 Å². The highest BCUT2D eigenvalue weighted by Crippen LogP contribution is 2.30. The van der Waals surface area contributed by atoms with Gasteiger partial charge in [-0.05, 0) is 84.4 Å². The Morgan fingerprint density at radius 1 is 1.10 bits per heavy atom. The predicted octanol–water partition coefficient (Wildman–Crippen LogP) is 7.28. The van der Waals surface area contributed by atoms with Gasteiger partial charge in [0.1, 0.15) is 11.5 Å². The lowest BCUT2D eigenvalue weighted by Crippen LogP contribution is -2.23. The Bertz CT molecular complexity index is 1680. The summed E-state index contributed by atoms with van der Waals surface area (Å²) in [6.07, 6.45) is 19.4. The van der Waals surface area contributed by atoms with Crippen molar-refractivity contribution in [2.75, 3.05) is 0 Å². The number of halogens is 1. The minimum absolute atomic E-state index is 0.274. The van der Waals surface area contributed by atoms with Crippen LogP contribution in [0.1, 0.15) is 67.0 Å². The smallest absolute Gasteiger partial charge is 0.123 e. The topological polar surface area (TPSA) is 57.4 Å². The molecule has 0 unspecified atom stereocenters. The molecule has 2 N–H and O–H groups in total. The van der Waals surface area contributed by atoms with Crippen molar-refractivity contribution < 1.29 is 4.39 Å². The average Bonchev–Trinajstić information content (AvgIpc) is 3.55. The second kappa shape index (κ2) is 12.3. The van der Waals surface area contributed by atoms with Crippen LogP contribution in [0.15, 0.2) is 74.1 Å². The quantitative estimate of drug-likeness (QED) is 0.234. The van der Waals surface area contributed by atoms with E-state index < -0.39 is 0 Å². The molecule has 0 saturated heterocycles. The van der Waals surface area contributed by atoms with Crippen LogP contribution in [-0.2, 0) is 6.42 Å². The van der Waals surface area contributed by atoms with Crippen molar-refractivity contribution in [2.24, 2.45) is 5.92 Å². The number of H-pyrrole nitrogens is 2. The number of hydrogen-bond acceptors (Lipinski definition) is 2. The van der Waals surface area contributed by atoms with Crippen molar-refractivity contribution in [3.8, 4) is 11.4 Å². The molecule has 0 aliphatic heterocycles. The van der Waals surface area contributed by atoms with Crippen molar-refractivity contribution in [3.63, 3.8) is 0 Å². The molecule has 40 heavy (non-hydrogen) atoms. The zero-order valence-corrected chi connectivity index (χ0v) is 23.4. The summed E-state index contributed by atoms with van der Waals surface area (Å²) in [5, 5.41) is 9.72. The summed E-state index contributed by atoms with van der Waals surface area (Å²) < 4.78 is 14.1. The number of hydrogen-bond donors (Lipinski definition) is 2. The fourth-order valence-electron chi connectivity index (χ4n) is 5.77. The summed E-state index contributed by atoms with van der Waals surface area (Å²) in [6.45, 7) is 12.3. The Morgan fingerprint density at radius 2 is 1.93 bits per heavy atom. The third-order valence-corrected chi connectivity index (χ3v) is 7.84. The van der Waals surface area contributed by atoms with Crippen LogP contribution in [0.25, 0.3) is 34.7 Å². The predicted molar refractivity (Wildman–Crippen MR) is 164 cm³/mol. The number of benzene rings is 1. The maximum atomic E-state index is 14.1. The molecule has 4 nitrogen and oxygen atoms in total. The summed E-state index contributed by atoms with van der Waals surface area (Å²) in [4.78, 5) is 8.05. The molecule has 1 fully saturated rings. The molecule has 3 heterocycles. The lowest BCUT2D eigenvalue weighted by atomic mass is 9.85.